The maximum Gasteiger partial charge on any atom is 0.0606 e. The molecule has 3 N–H and O–H groups in total. The highest BCUT2D eigenvalue weighted by Crippen LogP contribution is 2.46. The van der Waals surface area contributed by atoms with Crippen LogP contribution in [0.4, 0.5) is 0 Å². The van der Waals surface area contributed by atoms with Gasteiger partial charge in [-0.25, -0.2) is 0 Å². The Kier molecular flexibility index (Phi) is 3.81. The highest BCUT2D eigenvalue weighted by Gasteiger charge is 2.38. The van der Waals surface area contributed by atoms with Crippen molar-refractivity contribution in [2.24, 2.45) is 5.84 Å². The quantitative estimate of drug-likeness (QED) is 0.639. The second-order valence-corrected chi connectivity index (χ2v) is 6.85. The molecule has 0 amide bonds. The molecule has 3 heteroatoms. The van der Waals surface area contributed by atoms with Crippen LogP contribution >= 0.6 is 11.8 Å². The zero-order chi connectivity index (χ0) is 12.5. The molecule has 0 saturated carbocycles. The van der Waals surface area contributed by atoms with Gasteiger partial charge in [-0.05, 0) is 50.5 Å². The van der Waals surface area contributed by atoms with Crippen LogP contribution in [0.3, 0.4) is 0 Å². The summed E-state index contributed by atoms with van der Waals surface area (Å²) in [4.78, 5) is 0. The fourth-order valence-electron chi connectivity index (χ4n) is 2.77. The van der Waals surface area contributed by atoms with Gasteiger partial charge in [0.15, 0.2) is 0 Å². The van der Waals surface area contributed by atoms with E-state index in [1.807, 2.05) is 11.8 Å². The monoisotopic (exact) mass is 250 g/mol. The third kappa shape index (κ3) is 2.51. The molecule has 2 atom stereocenters. The van der Waals surface area contributed by atoms with E-state index in [1.54, 1.807) is 0 Å². The molecule has 1 saturated heterocycles. The molecule has 2 nitrogen and oxygen atoms in total. The summed E-state index contributed by atoms with van der Waals surface area (Å²) in [5.74, 6) is 7.06. The number of benzene rings is 1. The second-order valence-electron chi connectivity index (χ2n) is 5.22. The minimum absolute atomic E-state index is 0.231. The van der Waals surface area contributed by atoms with Crippen LogP contribution in [0, 0.1) is 13.8 Å². The Morgan fingerprint density at radius 1 is 1.41 bits per heavy atom. The molecule has 0 aliphatic carbocycles. The summed E-state index contributed by atoms with van der Waals surface area (Å²) in [6.07, 6.45) is 2.53. The van der Waals surface area contributed by atoms with Crippen molar-refractivity contribution in [3.05, 3.63) is 34.9 Å². The van der Waals surface area contributed by atoms with Gasteiger partial charge in [0, 0.05) is 4.75 Å². The highest BCUT2D eigenvalue weighted by atomic mass is 32.2. The Labute approximate surface area is 108 Å². The van der Waals surface area contributed by atoms with Crippen molar-refractivity contribution in [1.29, 1.82) is 0 Å². The lowest BCUT2D eigenvalue weighted by Crippen LogP contribution is -2.41. The molecule has 1 aromatic rings. The molecule has 2 unspecified atom stereocenters. The number of hydrogen-bond donors (Lipinski definition) is 2. The van der Waals surface area contributed by atoms with Crippen molar-refractivity contribution < 1.29 is 0 Å². The first-order valence-electron chi connectivity index (χ1n) is 6.24. The SMILES string of the molecule is Cc1ccc(C(NN)C2(C)CCCS2)c(C)c1. The third-order valence-electron chi connectivity index (χ3n) is 3.76. The summed E-state index contributed by atoms with van der Waals surface area (Å²) in [5, 5.41) is 0. The van der Waals surface area contributed by atoms with Crippen LogP contribution in [0.15, 0.2) is 18.2 Å². The van der Waals surface area contributed by atoms with E-state index in [4.69, 9.17) is 5.84 Å². The Bertz CT molecular complexity index is 397. The van der Waals surface area contributed by atoms with Crippen molar-refractivity contribution in [1.82, 2.24) is 5.43 Å². The predicted octanol–water partition coefficient (Wildman–Crippen LogP) is 3.09. The zero-order valence-electron chi connectivity index (χ0n) is 10.9. The van der Waals surface area contributed by atoms with E-state index < -0.39 is 0 Å². The Hall–Kier alpha value is -0.510. The van der Waals surface area contributed by atoms with Gasteiger partial charge < -0.3 is 0 Å². The largest absolute Gasteiger partial charge is 0.271 e. The predicted molar refractivity (Wildman–Crippen MR) is 76.1 cm³/mol. The van der Waals surface area contributed by atoms with E-state index in [0.717, 1.165) is 0 Å². The summed E-state index contributed by atoms with van der Waals surface area (Å²) < 4.78 is 0.231. The van der Waals surface area contributed by atoms with E-state index in [1.165, 1.54) is 35.3 Å². The van der Waals surface area contributed by atoms with Gasteiger partial charge >= 0.3 is 0 Å². The van der Waals surface area contributed by atoms with Crippen LogP contribution < -0.4 is 11.3 Å². The van der Waals surface area contributed by atoms with Crippen LogP contribution in [-0.2, 0) is 0 Å². The van der Waals surface area contributed by atoms with Gasteiger partial charge in [-0.1, -0.05) is 23.8 Å². The fourth-order valence-corrected chi connectivity index (χ4v) is 4.18. The smallest absolute Gasteiger partial charge is 0.0606 e. The Balaban J connectivity index is 2.34. The molecule has 1 fully saturated rings. The lowest BCUT2D eigenvalue weighted by atomic mass is 9.88. The molecule has 0 radical (unpaired) electrons. The third-order valence-corrected chi connectivity index (χ3v) is 5.36. The number of thioether (sulfide) groups is 1. The number of aryl methyl sites for hydroxylation is 2. The van der Waals surface area contributed by atoms with E-state index in [2.05, 4.69) is 44.4 Å². The normalized spacial score (nSPS) is 26.1. The van der Waals surface area contributed by atoms with E-state index in [0.29, 0.717) is 0 Å². The molecule has 0 aromatic heterocycles. The van der Waals surface area contributed by atoms with Crippen LogP contribution in [0.1, 0.15) is 42.5 Å². The van der Waals surface area contributed by atoms with E-state index in [9.17, 15) is 0 Å². The van der Waals surface area contributed by atoms with Gasteiger partial charge in [-0.15, -0.1) is 0 Å². The topological polar surface area (TPSA) is 38.0 Å². The van der Waals surface area contributed by atoms with Gasteiger partial charge in [0.05, 0.1) is 6.04 Å². The highest BCUT2D eigenvalue weighted by molar-refractivity contribution is 8.00. The molecular weight excluding hydrogens is 228 g/mol. The number of nitrogens with two attached hydrogens (primary N) is 1. The lowest BCUT2D eigenvalue weighted by Gasteiger charge is -2.34. The average Bonchev–Trinajstić information content (AvgIpc) is 2.70. The summed E-state index contributed by atoms with van der Waals surface area (Å²) in [6, 6.07) is 6.88. The van der Waals surface area contributed by atoms with Gasteiger partial charge in [0.2, 0.25) is 0 Å². The van der Waals surface area contributed by atoms with E-state index in [-0.39, 0.29) is 10.8 Å². The summed E-state index contributed by atoms with van der Waals surface area (Å²) in [7, 11) is 0. The van der Waals surface area contributed by atoms with Gasteiger partial charge in [0.25, 0.3) is 0 Å². The van der Waals surface area contributed by atoms with Crippen LogP contribution in [0.2, 0.25) is 0 Å². The Morgan fingerprint density at radius 2 is 2.18 bits per heavy atom. The molecule has 1 aromatic carbocycles. The second kappa shape index (κ2) is 5.01. The number of rotatable bonds is 3. The van der Waals surface area contributed by atoms with Crippen molar-refractivity contribution in [3.63, 3.8) is 0 Å². The summed E-state index contributed by atoms with van der Waals surface area (Å²) in [5.41, 5.74) is 7.03. The molecule has 1 aliphatic heterocycles. The number of hydrazine groups is 1. The van der Waals surface area contributed by atoms with E-state index >= 15 is 0 Å². The maximum absolute atomic E-state index is 5.81. The number of hydrogen-bond acceptors (Lipinski definition) is 3. The number of nitrogens with one attached hydrogen (secondary N) is 1. The van der Waals surface area contributed by atoms with Crippen molar-refractivity contribution in [2.45, 2.75) is 44.4 Å². The van der Waals surface area contributed by atoms with Crippen molar-refractivity contribution in [2.75, 3.05) is 5.75 Å². The summed E-state index contributed by atoms with van der Waals surface area (Å²) >= 11 is 2.04. The molecule has 2 rings (SSSR count). The minimum Gasteiger partial charge on any atom is -0.271 e. The first kappa shape index (κ1) is 12.9. The minimum atomic E-state index is 0.231. The van der Waals surface area contributed by atoms with Gasteiger partial charge in [-0.3, -0.25) is 11.3 Å². The molecule has 0 spiro atoms. The fraction of sp³-hybridized carbons (Fsp3) is 0.571. The molecule has 17 heavy (non-hydrogen) atoms. The first-order chi connectivity index (χ1) is 8.07. The Morgan fingerprint density at radius 3 is 2.71 bits per heavy atom. The lowest BCUT2D eigenvalue weighted by molar-refractivity contribution is 0.419. The molecule has 1 aliphatic rings. The van der Waals surface area contributed by atoms with Crippen LogP contribution in [0.5, 0.6) is 0 Å². The van der Waals surface area contributed by atoms with Crippen molar-refractivity contribution >= 4 is 11.8 Å². The average molecular weight is 250 g/mol. The maximum atomic E-state index is 5.81. The van der Waals surface area contributed by atoms with Crippen LogP contribution in [-0.4, -0.2) is 10.5 Å². The van der Waals surface area contributed by atoms with Crippen LogP contribution in [0.25, 0.3) is 0 Å². The summed E-state index contributed by atoms with van der Waals surface area (Å²) in [6.45, 7) is 6.64. The molecule has 94 valence electrons. The first-order valence-corrected chi connectivity index (χ1v) is 7.22. The van der Waals surface area contributed by atoms with Gasteiger partial charge in [-0.2, -0.15) is 11.8 Å². The van der Waals surface area contributed by atoms with Crippen molar-refractivity contribution in [3.8, 4) is 0 Å². The molecule has 1 heterocycles. The zero-order valence-corrected chi connectivity index (χ0v) is 11.7. The standard InChI is InChI=1S/C14H22N2S/c1-10-5-6-12(11(2)9-10)13(16-15)14(3)7-4-8-17-14/h5-6,9,13,16H,4,7-8,15H2,1-3H3. The van der Waals surface area contributed by atoms with Gasteiger partial charge in [0.1, 0.15) is 0 Å². The molecular formula is C14H22N2S. The molecule has 0 bridgehead atoms.